The van der Waals surface area contributed by atoms with Gasteiger partial charge in [-0.05, 0) is 56.8 Å². The van der Waals surface area contributed by atoms with Crippen LogP contribution in [0.5, 0.6) is 0 Å². The quantitative estimate of drug-likeness (QED) is 0.179. The molecule has 4 N–H and O–H groups in total. The van der Waals surface area contributed by atoms with Crippen molar-refractivity contribution in [1.29, 1.82) is 0 Å². The third-order valence-corrected chi connectivity index (χ3v) is 11.3. The lowest BCUT2D eigenvalue weighted by Gasteiger charge is -2.40. The number of hydrogen-bond donors (Lipinski definition) is 4. The van der Waals surface area contributed by atoms with Crippen LogP contribution in [0.25, 0.3) is 0 Å². The van der Waals surface area contributed by atoms with Crippen LogP contribution in [0.2, 0.25) is 0 Å². The molecule has 0 unspecified atom stereocenters. The molecule has 3 rings (SSSR count). The van der Waals surface area contributed by atoms with Crippen molar-refractivity contribution in [1.82, 2.24) is 30.5 Å². The van der Waals surface area contributed by atoms with E-state index < -0.39 is 57.3 Å². The fourth-order valence-corrected chi connectivity index (χ4v) is 8.79. The Hall–Kier alpha value is -2.61. The van der Waals surface area contributed by atoms with E-state index in [9.17, 15) is 27.6 Å². The van der Waals surface area contributed by atoms with Gasteiger partial charge in [0.15, 0.2) is 6.23 Å². The van der Waals surface area contributed by atoms with Gasteiger partial charge in [0, 0.05) is 32.1 Å². The number of carbonyl (C=O) groups is 4. The van der Waals surface area contributed by atoms with Gasteiger partial charge in [-0.2, -0.15) is 0 Å². The van der Waals surface area contributed by atoms with Gasteiger partial charge in [0.05, 0.1) is 11.3 Å². The molecule has 47 heavy (non-hydrogen) atoms. The first-order valence-corrected chi connectivity index (χ1v) is 19.4. The molecule has 1 aliphatic heterocycles. The summed E-state index contributed by atoms with van der Waals surface area (Å²) in [6.07, 6.45) is 7.65. The molecule has 1 saturated heterocycles. The second-order valence-electron chi connectivity index (χ2n) is 14.7. The van der Waals surface area contributed by atoms with Crippen LogP contribution in [0.15, 0.2) is 0 Å². The zero-order chi connectivity index (χ0) is 34.8. The number of sulfonamides is 1. The summed E-state index contributed by atoms with van der Waals surface area (Å²) in [7, 11) is -3.64. The third kappa shape index (κ3) is 11.5. The van der Waals surface area contributed by atoms with Crippen LogP contribution >= 0.6 is 0 Å². The molecule has 5 amide bonds. The summed E-state index contributed by atoms with van der Waals surface area (Å²) in [4.78, 5) is 55.0. The van der Waals surface area contributed by atoms with E-state index in [2.05, 4.69) is 21.3 Å². The molecule has 13 nitrogen and oxygen atoms in total. The maximum atomic E-state index is 14.1. The van der Waals surface area contributed by atoms with Gasteiger partial charge in [0.2, 0.25) is 21.8 Å². The topological polar surface area (TPSA) is 166 Å². The van der Waals surface area contributed by atoms with Gasteiger partial charge in [-0.15, -0.1) is 0 Å². The van der Waals surface area contributed by atoms with Crippen LogP contribution in [-0.2, 0) is 24.3 Å². The highest BCUT2D eigenvalue weighted by atomic mass is 32.2. The maximum Gasteiger partial charge on any atom is 0.409 e. The maximum absolute atomic E-state index is 14.1. The van der Waals surface area contributed by atoms with Gasteiger partial charge in [-0.3, -0.25) is 9.59 Å². The number of amides is 5. The first-order valence-electron chi connectivity index (χ1n) is 17.8. The molecule has 1 heterocycles. The van der Waals surface area contributed by atoms with Gasteiger partial charge in [0.25, 0.3) is 0 Å². The van der Waals surface area contributed by atoms with Crippen molar-refractivity contribution in [2.45, 2.75) is 155 Å². The molecule has 3 fully saturated rings. The lowest BCUT2D eigenvalue weighted by Crippen LogP contribution is -2.63. The van der Waals surface area contributed by atoms with Crippen LogP contribution in [-0.4, -0.2) is 96.8 Å². The van der Waals surface area contributed by atoms with Gasteiger partial charge >= 0.3 is 12.1 Å². The number of carbonyl (C=O) groups excluding carboxylic acids is 4. The Kier molecular flexibility index (Phi) is 14.2. The van der Waals surface area contributed by atoms with Crippen LogP contribution in [0, 0.1) is 5.41 Å². The molecule has 0 bridgehead atoms. The van der Waals surface area contributed by atoms with Crippen LogP contribution in [0.1, 0.15) is 125 Å². The Balaban J connectivity index is 1.72. The molecule has 2 saturated carbocycles. The molecule has 3 aliphatic rings. The minimum Gasteiger partial charge on any atom is -0.426 e. The smallest absolute Gasteiger partial charge is 0.409 e. The van der Waals surface area contributed by atoms with E-state index in [1.54, 1.807) is 0 Å². The number of likely N-dealkylation sites (tertiary alicyclic amines) is 1. The summed E-state index contributed by atoms with van der Waals surface area (Å²) >= 11 is 0. The van der Waals surface area contributed by atoms with Gasteiger partial charge in [0.1, 0.15) is 12.1 Å². The van der Waals surface area contributed by atoms with E-state index in [0.717, 1.165) is 32.1 Å². The summed E-state index contributed by atoms with van der Waals surface area (Å²) in [5.74, 6) is -0.969. The molecule has 0 aromatic rings. The zero-order valence-corrected chi connectivity index (χ0v) is 30.3. The predicted molar refractivity (Wildman–Crippen MR) is 181 cm³/mol. The number of ether oxygens (including phenoxy) is 1. The minimum absolute atomic E-state index is 0.122. The standard InChI is InChI=1S/C33H60N6O7S/c1-7-14-26(46-31(43)34-24-16-17-24)35-28(40)25-15-13-22-39(25)29(41)27(32(4,5)6)36-30(42)37-33(18-11-10-12-19-33)23-47(44,45)38(20-8-2)21-9-3/h24-27H,7-23H2,1-6H3,(H,34,43)(H,35,40)(H2,36,37,42)/t25-,26+,27+/m0/s1. The van der Waals surface area contributed by atoms with Gasteiger partial charge < -0.3 is 30.9 Å². The number of urea groups is 1. The fraction of sp³-hybridized carbons (Fsp3) is 0.879. The van der Waals surface area contributed by atoms with E-state index in [1.165, 1.54) is 9.21 Å². The van der Waals surface area contributed by atoms with Crippen molar-refractivity contribution in [2.24, 2.45) is 5.41 Å². The Morgan fingerprint density at radius 1 is 0.915 bits per heavy atom. The minimum atomic E-state index is -3.64. The highest BCUT2D eigenvalue weighted by Crippen LogP contribution is 2.31. The highest BCUT2D eigenvalue weighted by molar-refractivity contribution is 7.89. The summed E-state index contributed by atoms with van der Waals surface area (Å²) in [5.41, 5.74) is -1.65. The van der Waals surface area contributed by atoms with E-state index in [1.807, 2.05) is 41.5 Å². The molecule has 270 valence electrons. The van der Waals surface area contributed by atoms with Crippen molar-refractivity contribution in [2.75, 3.05) is 25.4 Å². The average molecular weight is 685 g/mol. The molecular weight excluding hydrogens is 624 g/mol. The Morgan fingerprint density at radius 2 is 1.55 bits per heavy atom. The van der Waals surface area contributed by atoms with Crippen molar-refractivity contribution < 1.29 is 32.3 Å². The van der Waals surface area contributed by atoms with Crippen molar-refractivity contribution in [3.05, 3.63) is 0 Å². The molecule has 14 heteroatoms. The average Bonchev–Trinajstić information content (AvgIpc) is 3.65. The fourth-order valence-electron chi connectivity index (χ4n) is 6.62. The molecule has 0 aromatic heterocycles. The Labute approximate surface area is 282 Å². The van der Waals surface area contributed by atoms with Crippen LogP contribution in [0.4, 0.5) is 9.59 Å². The molecular formula is C33H60N6O7S. The largest absolute Gasteiger partial charge is 0.426 e. The normalized spacial score (nSPS) is 21.1. The molecule has 0 radical (unpaired) electrons. The summed E-state index contributed by atoms with van der Waals surface area (Å²) in [6, 6.07) is -2.22. The van der Waals surface area contributed by atoms with Crippen molar-refractivity contribution >= 4 is 34.0 Å². The van der Waals surface area contributed by atoms with Crippen LogP contribution < -0.4 is 21.3 Å². The van der Waals surface area contributed by atoms with Gasteiger partial charge in [-0.1, -0.05) is 67.2 Å². The van der Waals surface area contributed by atoms with E-state index in [0.29, 0.717) is 71.0 Å². The van der Waals surface area contributed by atoms with E-state index in [-0.39, 0.29) is 17.7 Å². The molecule has 3 atom stereocenters. The van der Waals surface area contributed by atoms with Crippen LogP contribution in [0.3, 0.4) is 0 Å². The lowest BCUT2D eigenvalue weighted by molar-refractivity contribution is -0.143. The van der Waals surface area contributed by atoms with Crippen molar-refractivity contribution in [3.63, 3.8) is 0 Å². The zero-order valence-electron chi connectivity index (χ0n) is 29.5. The van der Waals surface area contributed by atoms with Crippen molar-refractivity contribution in [3.8, 4) is 0 Å². The Bertz CT molecular complexity index is 1170. The first kappa shape index (κ1) is 38.8. The number of nitrogens with zero attached hydrogens (tertiary/aromatic N) is 2. The number of nitrogens with one attached hydrogen (secondary N) is 4. The Morgan fingerprint density at radius 3 is 2.11 bits per heavy atom. The second kappa shape index (κ2) is 17.2. The third-order valence-electron chi connectivity index (χ3n) is 9.22. The number of rotatable bonds is 16. The highest BCUT2D eigenvalue weighted by Gasteiger charge is 2.44. The lowest BCUT2D eigenvalue weighted by atomic mass is 9.83. The molecule has 0 aromatic carbocycles. The summed E-state index contributed by atoms with van der Waals surface area (Å²) in [6.45, 7) is 12.6. The molecule has 2 aliphatic carbocycles. The predicted octanol–water partition coefficient (Wildman–Crippen LogP) is 3.98. The number of hydrogen-bond acceptors (Lipinski definition) is 7. The monoisotopic (exact) mass is 684 g/mol. The van der Waals surface area contributed by atoms with E-state index in [4.69, 9.17) is 4.74 Å². The second-order valence-corrected chi connectivity index (χ2v) is 16.7. The SMILES string of the molecule is CCC[C@H](NC(=O)[C@@H]1CCCN1C(=O)[C@@H](NC(=O)NC1(CS(=O)(=O)N(CCC)CCC)CCCCC1)C(C)(C)C)OC(=O)NC1CC1. The first-order chi connectivity index (χ1) is 22.1. The van der Waals surface area contributed by atoms with E-state index >= 15 is 0 Å². The number of alkyl carbamates (subject to hydrolysis) is 1. The molecule has 0 spiro atoms. The summed E-state index contributed by atoms with van der Waals surface area (Å²) in [5, 5.41) is 11.5. The summed E-state index contributed by atoms with van der Waals surface area (Å²) < 4.78 is 34.2. The van der Waals surface area contributed by atoms with Gasteiger partial charge in [-0.25, -0.2) is 22.3 Å².